The van der Waals surface area contributed by atoms with Crippen molar-refractivity contribution in [2.75, 3.05) is 0 Å². The standard InChI is InChI=1S/C8H13N7O2S/c1-3-14-7(6(2)15-5-10-4-11-15)12-13-8(14)18(9,16)17/h4-6H,3H2,1-2H3,(H2,9,16,17). The lowest BCUT2D eigenvalue weighted by molar-refractivity contribution is 0.493. The van der Waals surface area contributed by atoms with E-state index in [1.165, 1.54) is 17.2 Å². The van der Waals surface area contributed by atoms with Gasteiger partial charge in [-0.15, -0.1) is 10.2 Å². The molecule has 9 nitrogen and oxygen atoms in total. The molecule has 10 heteroatoms. The molecular weight excluding hydrogens is 258 g/mol. The predicted octanol–water partition coefficient (Wildman–Crippen LogP) is -0.854. The van der Waals surface area contributed by atoms with Crippen LogP contribution in [0.3, 0.4) is 0 Å². The van der Waals surface area contributed by atoms with E-state index in [1.807, 2.05) is 6.92 Å². The van der Waals surface area contributed by atoms with E-state index in [1.54, 1.807) is 11.6 Å². The number of rotatable bonds is 4. The van der Waals surface area contributed by atoms with E-state index in [0.717, 1.165) is 0 Å². The smallest absolute Gasteiger partial charge is 0.273 e. The quantitative estimate of drug-likeness (QED) is 0.772. The maximum absolute atomic E-state index is 11.4. The lowest BCUT2D eigenvalue weighted by Gasteiger charge is -2.12. The molecule has 0 aromatic carbocycles. The number of primary sulfonamides is 1. The zero-order chi connectivity index (χ0) is 13.3. The predicted molar refractivity (Wildman–Crippen MR) is 60.9 cm³/mol. The summed E-state index contributed by atoms with van der Waals surface area (Å²) in [5.41, 5.74) is 0. The molecule has 0 aliphatic carbocycles. The zero-order valence-corrected chi connectivity index (χ0v) is 10.7. The molecule has 2 aromatic rings. The molecule has 2 N–H and O–H groups in total. The minimum atomic E-state index is -3.88. The first-order chi connectivity index (χ1) is 8.45. The molecule has 18 heavy (non-hydrogen) atoms. The Bertz CT molecular complexity index is 630. The highest BCUT2D eigenvalue weighted by Crippen LogP contribution is 2.17. The fourth-order valence-corrected chi connectivity index (χ4v) is 2.34. The van der Waals surface area contributed by atoms with Gasteiger partial charge in [-0.1, -0.05) is 0 Å². The summed E-state index contributed by atoms with van der Waals surface area (Å²) in [6, 6.07) is -0.282. The van der Waals surface area contributed by atoms with Crippen LogP contribution in [0.15, 0.2) is 17.8 Å². The number of nitrogens with zero attached hydrogens (tertiary/aromatic N) is 6. The molecule has 0 spiro atoms. The van der Waals surface area contributed by atoms with Crippen molar-refractivity contribution < 1.29 is 8.42 Å². The Morgan fingerprint density at radius 3 is 2.67 bits per heavy atom. The topological polar surface area (TPSA) is 122 Å². The number of nitrogens with two attached hydrogens (primary N) is 1. The zero-order valence-electron chi connectivity index (χ0n) is 9.92. The fourth-order valence-electron chi connectivity index (χ4n) is 1.65. The Hall–Kier alpha value is -1.81. The number of aromatic nitrogens is 6. The third kappa shape index (κ3) is 2.11. The van der Waals surface area contributed by atoms with Crippen molar-refractivity contribution in [1.82, 2.24) is 29.5 Å². The van der Waals surface area contributed by atoms with E-state index < -0.39 is 10.0 Å². The Morgan fingerprint density at radius 1 is 1.44 bits per heavy atom. The van der Waals surface area contributed by atoms with Crippen molar-refractivity contribution in [3.05, 3.63) is 18.5 Å². The summed E-state index contributed by atoms with van der Waals surface area (Å²) < 4.78 is 25.7. The van der Waals surface area contributed by atoms with Crippen molar-refractivity contribution in [3.8, 4) is 0 Å². The van der Waals surface area contributed by atoms with Gasteiger partial charge in [0.1, 0.15) is 18.7 Å². The fraction of sp³-hybridized carbons (Fsp3) is 0.500. The normalized spacial score (nSPS) is 13.7. The molecule has 2 rings (SSSR count). The Labute approximate surface area is 104 Å². The molecule has 2 heterocycles. The second-order valence-electron chi connectivity index (χ2n) is 3.68. The van der Waals surface area contributed by atoms with Crippen molar-refractivity contribution >= 4 is 10.0 Å². The van der Waals surface area contributed by atoms with Crippen LogP contribution in [0.1, 0.15) is 25.7 Å². The summed E-state index contributed by atoms with van der Waals surface area (Å²) in [5.74, 6) is 0.465. The highest BCUT2D eigenvalue weighted by molar-refractivity contribution is 7.89. The van der Waals surface area contributed by atoms with E-state index in [2.05, 4.69) is 20.3 Å². The number of hydrogen-bond donors (Lipinski definition) is 1. The first-order valence-corrected chi connectivity index (χ1v) is 6.79. The first kappa shape index (κ1) is 12.6. The molecule has 0 saturated carbocycles. The second kappa shape index (κ2) is 4.46. The maximum atomic E-state index is 11.4. The van der Waals surface area contributed by atoms with Gasteiger partial charge in [0.05, 0.1) is 0 Å². The molecule has 0 bridgehead atoms. The molecule has 1 unspecified atom stereocenters. The molecule has 0 saturated heterocycles. The summed E-state index contributed by atoms with van der Waals surface area (Å²) >= 11 is 0. The van der Waals surface area contributed by atoms with Gasteiger partial charge in [-0.25, -0.2) is 23.2 Å². The highest BCUT2D eigenvalue weighted by atomic mass is 32.2. The van der Waals surface area contributed by atoms with Crippen LogP contribution in [0, 0.1) is 0 Å². The third-order valence-corrected chi connectivity index (χ3v) is 3.33. The molecule has 2 aromatic heterocycles. The van der Waals surface area contributed by atoms with Gasteiger partial charge < -0.3 is 0 Å². The SMILES string of the molecule is CCn1c(C(C)n2cncn2)nnc1S(N)(=O)=O. The van der Waals surface area contributed by atoms with E-state index in [4.69, 9.17) is 5.14 Å². The number of hydrogen-bond acceptors (Lipinski definition) is 6. The summed E-state index contributed by atoms with van der Waals surface area (Å²) in [4.78, 5) is 3.83. The summed E-state index contributed by atoms with van der Waals surface area (Å²) in [6.45, 7) is 4.00. The van der Waals surface area contributed by atoms with E-state index >= 15 is 0 Å². The minimum Gasteiger partial charge on any atom is -0.299 e. The Balaban J connectivity index is 2.50. The monoisotopic (exact) mass is 271 g/mol. The minimum absolute atomic E-state index is 0.244. The van der Waals surface area contributed by atoms with Crippen molar-refractivity contribution in [3.63, 3.8) is 0 Å². The lowest BCUT2D eigenvalue weighted by atomic mass is 10.3. The van der Waals surface area contributed by atoms with Crippen molar-refractivity contribution in [1.29, 1.82) is 0 Å². The van der Waals surface area contributed by atoms with Crippen LogP contribution < -0.4 is 5.14 Å². The average molecular weight is 271 g/mol. The van der Waals surface area contributed by atoms with E-state index in [0.29, 0.717) is 12.4 Å². The van der Waals surface area contributed by atoms with Crippen LogP contribution in [0.4, 0.5) is 0 Å². The van der Waals surface area contributed by atoms with Gasteiger partial charge in [0.25, 0.3) is 15.2 Å². The molecule has 1 atom stereocenters. The van der Waals surface area contributed by atoms with Crippen LogP contribution in [0.5, 0.6) is 0 Å². The molecule has 0 aliphatic heterocycles. The summed E-state index contributed by atoms with van der Waals surface area (Å²) in [6.07, 6.45) is 2.92. The Kier molecular flexibility index (Phi) is 3.13. The van der Waals surface area contributed by atoms with Gasteiger partial charge in [-0.2, -0.15) is 5.10 Å². The summed E-state index contributed by atoms with van der Waals surface area (Å²) in [7, 11) is -3.88. The van der Waals surface area contributed by atoms with Gasteiger partial charge >= 0.3 is 0 Å². The van der Waals surface area contributed by atoms with Gasteiger partial charge in [0.15, 0.2) is 5.82 Å². The van der Waals surface area contributed by atoms with E-state index in [-0.39, 0.29) is 11.2 Å². The molecule has 0 fully saturated rings. The van der Waals surface area contributed by atoms with E-state index in [9.17, 15) is 8.42 Å². The van der Waals surface area contributed by atoms with Crippen molar-refractivity contribution in [2.24, 2.45) is 5.14 Å². The van der Waals surface area contributed by atoms with Crippen LogP contribution in [-0.2, 0) is 16.6 Å². The van der Waals surface area contributed by atoms with Gasteiger partial charge in [0.2, 0.25) is 0 Å². The van der Waals surface area contributed by atoms with Gasteiger partial charge in [0, 0.05) is 6.54 Å². The first-order valence-electron chi connectivity index (χ1n) is 5.25. The second-order valence-corrected chi connectivity index (χ2v) is 5.14. The highest BCUT2D eigenvalue weighted by Gasteiger charge is 2.24. The maximum Gasteiger partial charge on any atom is 0.273 e. The van der Waals surface area contributed by atoms with Crippen LogP contribution in [0.2, 0.25) is 0 Å². The molecule has 0 aliphatic rings. The number of sulfonamides is 1. The van der Waals surface area contributed by atoms with Crippen LogP contribution >= 0.6 is 0 Å². The van der Waals surface area contributed by atoms with Gasteiger partial charge in [-0.05, 0) is 13.8 Å². The molecule has 0 radical (unpaired) electrons. The summed E-state index contributed by atoms with van der Waals surface area (Å²) in [5, 5.41) is 16.3. The average Bonchev–Trinajstić information content (AvgIpc) is 2.96. The van der Waals surface area contributed by atoms with Crippen LogP contribution in [-0.4, -0.2) is 37.9 Å². The van der Waals surface area contributed by atoms with Gasteiger partial charge in [-0.3, -0.25) is 4.57 Å². The Morgan fingerprint density at radius 2 is 2.17 bits per heavy atom. The largest absolute Gasteiger partial charge is 0.299 e. The molecular formula is C8H13N7O2S. The molecule has 98 valence electrons. The van der Waals surface area contributed by atoms with Crippen molar-refractivity contribution in [2.45, 2.75) is 31.6 Å². The lowest BCUT2D eigenvalue weighted by Crippen LogP contribution is -2.20. The third-order valence-electron chi connectivity index (χ3n) is 2.52. The van der Waals surface area contributed by atoms with Crippen LogP contribution in [0.25, 0.3) is 0 Å². The molecule has 0 amide bonds.